The van der Waals surface area contributed by atoms with Gasteiger partial charge >= 0.3 is 5.97 Å². The van der Waals surface area contributed by atoms with Gasteiger partial charge in [-0.05, 0) is 42.1 Å². The molecule has 0 bridgehead atoms. The SMILES string of the molecule is Cn1cccc1/C=C1\SC(=Nc2ccccc2C(=O)O)NC1=O. The number of amidine groups is 1. The van der Waals surface area contributed by atoms with Crippen LogP contribution in [0, 0.1) is 0 Å². The highest BCUT2D eigenvalue weighted by molar-refractivity contribution is 8.18. The summed E-state index contributed by atoms with van der Waals surface area (Å²) in [6, 6.07) is 10.2. The molecule has 0 unspecified atom stereocenters. The number of aromatic carboxylic acids is 1. The van der Waals surface area contributed by atoms with Crippen LogP contribution in [0.1, 0.15) is 16.1 Å². The fraction of sp³-hybridized carbons (Fsp3) is 0.0625. The molecule has 0 aliphatic carbocycles. The van der Waals surface area contributed by atoms with E-state index < -0.39 is 5.97 Å². The number of amides is 1. The zero-order valence-electron chi connectivity index (χ0n) is 12.2. The normalized spacial score (nSPS) is 17.7. The molecule has 1 amide bonds. The first-order valence-corrected chi connectivity index (χ1v) is 7.59. The van der Waals surface area contributed by atoms with Gasteiger partial charge in [-0.2, -0.15) is 0 Å². The van der Waals surface area contributed by atoms with Crippen LogP contribution in [0.3, 0.4) is 0 Å². The number of aliphatic imine (C=N–C) groups is 1. The molecule has 1 aliphatic heterocycles. The second-order valence-corrected chi connectivity index (χ2v) is 5.88. The number of hydrogen-bond donors (Lipinski definition) is 2. The summed E-state index contributed by atoms with van der Waals surface area (Å²) in [5.74, 6) is -1.30. The van der Waals surface area contributed by atoms with Crippen molar-refractivity contribution in [1.29, 1.82) is 0 Å². The predicted octanol–water partition coefficient (Wildman–Crippen LogP) is 2.61. The maximum Gasteiger partial charge on any atom is 0.337 e. The Bertz CT molecular complexity index is 852. The van der Waals surface area contributed by atoms with E-state index in [-0.39, 0.29) is 11.5 Å². The van der Waals surface area contributed by atoms with Gasteiger partial charge in [0.05, 0.1) is 16.2 Å². The van der Waals surface area contributed by atoms with Crippen LogP contribution in [0.25, 0.3) is 6.08 Å². The number of hydrogen-bond acceptors (Lipinski definition) is 4. The topological polar surface area (TPSA) is 83.7 Å². The zero-order valence-corrected chi connectivity index (χ0v) is 13.0. The number of rotatable bonds is 3. The Morgan fingerprint density at radius 3 is 2.78 bits per heavy atom. The molecule has 1 aliphatic rings. The zero-order chi connectivity index (χ0) is 16.4. The third-order valence-corrected chi connectivity index (χ3v) is 4.18. The first-order valence-electron chi connectivity index (χ1n) is 6.78. The largest absolute Gasteiger partial charge is 0.478 e. The highest BCUT2D eigenvalue weighted by Gasteiger charge is 2.24. The van der Waals surface area contributed by atoms with Gasteiger partial charge in [-0.15, -0.1) is 0 Å². The molecule has 0 atom stereocenters. The fourth-order valence-corrected chi connectivity index (χ4v) is 2.92. The molecule has 23 heavy (non-hydrogen) atoms. The Balaban J connectivity index is 1.90. The highest BCUT2D eigenvalue weighted by atomic mass is 32.2. The first-order chi connectivity index (χ1) is 11.0. The van der Waals surface area contributed by atoms with Gasteiger partial charge in [0, 0.05) is 18.9 Å². The Labute approximate surface area is 136 Å². The minimum atomic E-state index is -1.06. The highest BCUT2D eigenvalue weighted by Crippen LogP contribution is 2.29. The maximum atomic E-state index is 12.0. The molecule has 2 aromatic rings. The molecule has 0 saturated carbocycles. The first kappa shape index (κ1) is 15.1. The van der Waals surface area contributed by atoms with E-state index in [1.54, 1.807) is 24.3 Å². The smallest absolute Gasteiger partial charge is 0.337 e. The van der Waals surface area contributed by atoms with Crippen LogP contribution in [0.2, 0.25) is 0 Å². The van der Waals surface area contributed by atoms with Crippen LogP contribution in [-0.2, 0) is 11.8 Å². The summed E-state index contributed by atoms with van der Waals surface area (Å²) in [5, 5.41) is 12.2. The number of carboxylic acids is 1. The third kappa shape index (κ3) is 3.19. The van der Waals surface area contributed by atoms with E-state index in [1.807, 2.05) is 29.9 Å². The second kappa shape index (κ2) is 6.13. The Kier molecular flexibility index (Phi) is 4.03. The molecule has 0 spiro atoms. The van der Waals surface area contributed by atoms with E-state index in [1.165, 1.54) is 17.8 Å². The quantitative estimate of drug-likeness (QED) is 0.849. The lowest BCUT2D eigenvalue weighted by Crippen LogP contribution is -2.19. The number of aryl methyl sites for hydroxylation is 1. The fourth-order valence-electron chi connectivity index (χ4n) is 2.10. The van der Waals surface area contributed by atoms with Gasteiger partial charge in [-0.3, -0.25) is 4.79 Å². The Morgan fingerprint density at radius 2 is 2.09 bits per heavy atom. The third-order valence-electron chi connectivity index (χ3n) is 3.27. The van der Waals surface area contributed by atoms with Crippen LogP contribution in [0.15, 0.2) is 52.5 Å². The minimum absolute atomic E-state index is 0.0923. The lowest BCUT2D eigenvalue weighted by atomic mass is 10.2. The van der Waals surface area contributed by atoms with Crippen molar-refractivity contribution in [2.45, 2.75) is 0 Å². The molecular formula is C16H13N3O3S. The summed E-state index contributed by atoms with van der Waals surface area (Å²) in [7, 11) is 1.89. The van der Waals surface area contributed by atoms with Gasteiger partial charge < -0.3 is 15.0 Å². The number of thioether (sulfide) groups is 1. The Morgan fingerprint density at radius 1 is 1.30 bits per heavy atom. The van der Waals surface area contributed by atoms with Crippen LogP contribution in [0.5, 0.6) is 0 Å². The number of nitrogens with one attached hydrogen (secondary N) is 1. The molecule has 3 rings (SSSR count). The van der Waals surface area contributed by atoms with Gasteiger partial charge in [0.15, 0.2) is 5.17 Å². The van der Waals surface area contributed by atoms with Crippen molar-refractivity contribution in [1.82, 2.24) is 9.88 Å². The molecule has 1 aromatic heterocycles. The maximum absolute atomic E-state index is 12.0. The average Bonchev–Trinajstić information content (AvgIpc) is 3.06. The molecule has 1 fully saturated rings. The number of carbonyl (C=O) groups is 2. The van der Waals surface area contributed by atoms with Crippen molar-refractivity contribution in [2.75, 3.05) is 0 Å². The van der Waals surface area contributed by atoms with Gasteiger partial charge in [0.2, 0.25) is 0 Å². The summed E-state index contributed by atoms with van der Waals surface area (Å²) in [6.07, 6.45) is 3.66. The molecule has 116 valence electrons. The van der Waals surface area contributed by atoms with Crippen LogP contribution in [-0.4, -0.2) is 26.7 Å². The van der Waals surface area contributed by atoms with E-state index in [9.17, 15) is 9.59 Å². The van der Waals surface area contributed by atoms with Gasteiger partial charge in [-0.1, -0.05) is 12.1 Å². The van der Waals surface area contributed by atoms with Crippen LogP contribution >= 0.6 is 11.8 Å². The van der Waals surface area contributed by atoms with E-state index in [0.29, 0.717) is 15.8 Å². The summed E-state index contributed by atoms with van der Waals surface area (Å²) in [4.78, 5) is 28.0. The van der Waals surface area contributed by atoms with Crippen molar-refractivity contribution in [3.05, 3.63) is 58.8 Å². The van der Waals surface area contributed by atoms with Gasteiger partial charge in [0.25, 0.3) is 5.91 Å². The van der Waals surface area contributed by atoms with E-state index in [0.717, 1.165) is 5.69 Å². The molecule has 1 aromatic carbocycles. The summed E-state index contributed by atoms with van der Waals surface area (Å²) >= 11 is 1.19. The minimum Gasteiger partial charge on any atom is -0.478 e. The number of aromatic nitrogens is 1. The standard InChI is InChI=1S/C16H13N3O3S/c1-19-8-4-5-10(19)9-13-14(20)18-16(23-13)17-12-7-3-2-6-11(12)15(21)22/h2-9H,1H3,(H,21,22)(H,17,18,20)/b13-9-. The molecule has 2 N–H and O–H groups in total. The summed E-state index contributed by atoms with van der Waals surface area (Å²) in [6.45, 7) is 0. The van der Waals surface area contributed by atoms with E-state index in [4.69, 9.17) is 5.11 Å². The lowest BCUT2D eigenvalue weighted by molar-refractivity contribution is -0.115. The van der Waals surface area contributed by atoms with E-state index >= 15 is 0 Å². The lowest BCUT2D eigenvalue weighted by Gasteiger charge is -2.00. The van der Waals surface area contributed by atoms with Crippen molar-refractivity contribution >= 4 is 40.6 Å². The van der Waals surface area contributed by atoms with Gasteiger partial charge in [0.1, 0.15) is 0 Å². The number of carbonyl (C=O) groups excluding carboxylic acids is 1. The molecule has 0 radical (unpaired) electrons. The molecule has 2 heterocycles. The van der Waals surface area contributed by atoms with Crippen molar-refractivity contribution in [3.8, 4) is 0 Å². The number of benzene rings is 1. The predicted molar refractivity (Wildman–Crippen MR) is 89.6 cm³/mol. The van der Waals surface area contributed by atoms with Crippen molar-refractivity contribution < 1.29 is 14.7 Å². The van der Waals surface area contributed by atoms with Gasteiger partial charge in [-0.25, -0.2) is 9.79 Å². The molecule has 6 nitrogen and oxygen atoms in total. The monoisotopic (exact) mass is 327 g/mol. The number of para-hydroxylation sites is 1. The van der Waals surface area contributed by atoms with Crippen LogP contribution in [0.4, 0.5) is 5.69 Å². The second-order valence-electron chi connectivity index (χ2n) is 4.85. The van der Waals surface area contributed by atoms with Crippen molar-refractivity contribution in [3.63, 3.8) is 0 Å². The molecular weight excluding hydrogens is 314 g/mol. The number of nitrogens with zero attached hydrogens (tertiary/aromatic N) is 2. The van der Waals surface area contributed by atoms with Crippen molar-refractivity contribution in [2.24, 2.45) is 12.0 Å². The molecule has 1 saturated heterocycles. The summed E-state index contributed by atoms with van der Waals surface area (Å²) in [5.41, 5.74) is 1.30. The Hall–Kier alpha value is -2.80. The molecule has 7 heteroatoms. The van der Waals surface area contributed by atoms with E-state index in [2.05, 4.69) is 10.3 Å². The van der Waals surface area contributed by atoms with Crippen LogP contribution < -0.4 is 5.32 Å². The summed E-state index contributed by atoms with van der Waals surface area (Å²) < 4.78 is 1.90. The number of carboxylic acid groups (broad SMARTS) is 1. The average molecular weight is 327 g/mol.